The van der Waals surface area contributed by atoms with Gasteiger partial charge < -0.3 is 15.2 Å². The Morgan fingerprint density at radius 3 is 2.81 bits per heavy atom. The summed E-state index contributed by atoms with van der Waals surface area (Å²) < 4.78 is 5.34. The number of hydrogen-bond donors (Lipinski definition) is 2. The van der Waals surface area contributed by atoms with E-state index in [1.54, 1.807) is 24.3 Å². The first-order chi connectivity index (χ1) is 10.2. The molecule has 2 N–H and O–H groups in total. The number of nitrogens with one attached hydrogen (secondary N) is 1. The molecule has 0 unspecified atom stereocenters. The number of carboxylic acid groups (broad SMARTS) is 1. The molecule has 21 heavy (non-hydrogen) atoms. The van der Waals surface area contributed by atoms with E-state index < -0.39 is 5.97 Å². The number of ether oxygens (including phenoxy) is 1. The van der Waals surface area contributed by atoms with Gasteiger partial charge in [-0.25, -0.2) is 4.79 Å². The van der Waals surface area contributed by atoms with Crippen molar-refractivity contribution in [2.45, 2.75) is 6.54 Å². The van der Waals surface area contributed by atoms with Gasteiger partial charge in [-0.1, -0.05) is 24.3 Å². The van der Waals surface area contributed by atoms with Crippen LogP contribution in [0, 0.1) is 11.3 Å². The van der Waals surface area contributed by atoms with Gasteiger partial charge in [0.25, 0.3) is 0 Å². The van der Waals surface area contributed by atoms with Crippen LogP contribution in [0.1, 0.15) is 15.9 Å². The Morgan fingerprint density at radius 2 is 2.05 bits per heavy atom. The summed E-state index contributed by atoms with van der Waals surface area (Å²) in [7, 11) is 0. The third-order valence-corrected chi connectivity index (χ3v) is 2.86. The van der Waals surface area contributed by atoms with E-state index in [4.69, 9.17) is 15.1 Å². The first-order valence-electron chi connectivity index (χ1n) is 6.35. The molecule has 0 aliphatic rings. The molecule has 0 aliphatic carbocycles. The highest BCUT2D eigenvalue weighted by molar-refractivity contribution is 5.88. The lowest BCUT2D eigenvalue weighted by atomic mass is 10.1. The summed E-state index contributed by atoms with van der Waals surface area (Å²) in [5, 5.41) is 20.7. The van der Waals surface area contributed by atoms with Crippen molar-refractivity contribution in [1.29, 1.82) is 5.26 Å². The number of nitriles is 1. The van der Waals surface area contributed by atoms with Crippen molar-refractivity contribution in [3.8, 4) is 11.8 Å². The lowest BCUT2D eigenvalue weighted by molar-refractivity contribution is 0.0697. The van der Waals surface area contributed by atoms with E-state index in [0.29, 0.717) is 18.0 Å². The SMILES string of the molecule is N#CCOc1ccccc1CNc1cccc(C(=O)O)c1. The number of carboxylic acids is 1. The lowest BCUT2D eigenvalue weighted by Crippen LogP contribution is -2.04. The van der Waals surface area contributed by atoms with Crippen molar-refractivity contribution >= 4 is 11.7 Å². The number of carbonyl (C=O) groups is 1. The van der Waals surface area contributed by atoms with Crippen LogP contribution in [0.2, 0.25) is 0 Å². The molecule has 0 aliphatic heterocycles. The highest BCUT2D eigenvalue weighted by Gasteiger charge is 2.05. The quantitative estimate of drug-likeness (QED) is 0.851. The summed E-state index contributed by atoms with van der Waals surface area (Å²) >= 11 is 0. The third kappa shape index (κ3) is 3.98. The molecular formula is C16H14N2O3. The van der Waals surface area contributed by atoms with Gasteiger partial charge in [-0.05, 0) is 24.3 Å². The van der Waals surface area contributed by atoms with Gasteiger partial charge in [0.05, 0.1) is 5.56 Å². The van der Waals surface area contributed by atoms with Crippen LogP contribution in [0.15, 0.2) is 48.5 Å². The lowest BCUT2D eigenvalue weighted by Gasteiger charge is -2.11. The highest BCUT2D eigenvalue weighted by Crippen LogP contribution is 2.20. The van der Waals surface area contributed by atoms with Crippen LogP contribution in [0.25, 0.3) is 0 Å². The monoisotopic (exact) mass is 282 g/mol. The van der Waals surface area contributed by atoms with E-state index in [0.717, 1.165) is 5.56 Å². The standard InChI is InChI=1S/C16H14N2O3/c17-8-9-21-15-7-2-1-4-13(15)11-18-14-6-3-5-12(10-14)16(19)20/h1-7,10,18H,9,11H2,(H,19,20). The molecule has 0 saturated carbocycles. The molecule has 0 atom stereocenters. The van der Waals surface area contributed by atoms with E-state index in [9.17, 15) is 4.79 Å². The first kappa shape index (κ1) is 14.4. The van der Waals surface area contributed by atoms with Gasteiger partial charge >= 0.3 is 5.97 Å². The molecule has 0 radical (unpaired) electrons. The smallest absolute Gasteiger partial charge is 0.335 e. The van der Waals surface area contributed by atoms with Gasteiger partial charge in [-0.15, -0.1) is 0 Å². The summed E-state index contributed by atoms with van der Waals surface area (Å²) in [6.07, 6.45) is 0. The van der Waals surface area contributed by atoms with Crippen LogP contribution in [0.5, 0.6) is 5.75 Å². The fourth-order valence-electron chi connectivity index (χ4n) is 1.86. The molecule has 2 aromatic rings. The van der Waals surface area contributed by atoms with Gasteiger partial charge in [0.2, 0.25) is 0 Å². The van der Waals surface area contributed by atoms with Crippen molar-refractivity contribution in [3.63, 3.8) is 0 Å². The van der Waals surface area contributed by atoms with Gasteiger partial charge in [-0.2, -0.15) is 5.26 Å². The largest absolute Gasteiger partial charge is 0.478 e. The number of nitrogens with zero attached hydrogens (tertiary/aromatic N) is 1. The topological polar surface area (TPSA) is 82.3 Å². The maximum atomic E-state index is 10.9. The Kier molecular flexibility index (Phi) is 4.78. The molecule has 2 rings (SSSR count). The van der Waals surface area contributed by atoms with Gasteiger partial charge in [0.15, 0.2) is 6.61 Å². The fourth-order valence-corrected chi connectivity index (χ4v) is 1.86. The van der Waals surface area contributed by atoms with Crippen LogP contribution in [-0.2, 0) is 6.54 Å². The predicted octanol–water partition coefficient (Wildman–Crippen LogP) is 2.90. The van der Waals surface area contributed by atoms with Gasteiger partial charge in [0.1, 0.15) is 11.8 Å². The van der Waals surface area contributed by atoms with E-state index in [1.165, 1.54) is 6.07 Å². The molecule has 0 fully saturated rings. The normalized spacial score (nSPS) is 9.67. The zero-order valence-corrected chi connectivity index (χ0v) is 11.2. The summed E-state index contributed by atoms with van der Waals surface area (Å²) in [5.41, 5.74) is 1.84. The van der Waals surface area contributed by atoms with Crippen molar-refractivity contribution in [3.05, 3.63) is 59.7 Å². The number of benzene rings is 2. The number of rotatable bonds is 6. The second-order valence-electron chi connectivity index (χ2n) is 4.29. The summed E-state index contributed by atoms with van der Waals surface area (Å²) in [4.78, 5) is 10.9. The molecule has 5 heteroatoms. The van der Waals surface area contributed by atoms with Crippen LogP contribution in [0.4, 0.5) is 5.69 Å². The van der Waals surface area contributed by atoms with Crippen LogP contribution < -0.4 is 10.1 Å². The minimum atomic E-state index is -0.962. The second kappa shape index (κ2) is 6.96. The van der Waals surface area contributed by atoms with Crippen molar-refractivity contribution in [1.82, 2.24) is 0 Å². The molecule has 0 heterocycles. The van der Waals surface area contributed by atoms with Crippen LogP contribution in [-0.4, -0.2) is 17.7 Å². The molecular weight excluding hydrogens is 268 g/mol. The minimum absolute atomic E-state index is 0.00842. The second-order valence-corrected chi connectivity index (χ2v) is 4.29. The highest BCUT2D eigenvalue weighted by atomic mass is 16.5. The molecule has 2 aromatic carbocycles. The average molecular weight is 282 g/mol. The summed E-state index contributed by atoms with van der Waals surface area (Å²) in [6.45, 7) is 0.468. The van der Waals surface area contributed by atoms with Gasteiger partial charge in [0, 0.05) is 17.8 Å². The number of para-hydroxylation sites is 1. The maximum absolute atomic E-state index is 10.9. The van der Waals surface area contributed by atoms with E-state index in [-0.39, 0.29) is 12.2 Å². The Bertz CT molecular complexity index is 677. The van der Waals surface area contributed by atoms with E-state index in [2.05, 4.69) is 5.32 Å². The van der Waals surface area contributed by atoms with Crippen molar-refractivity contribution in [2.75, 3.05) is 11.9 Å². The summed E-state index contributed by atoms with van der Waals surface area (Å²) in [5.74, 6) is -0.322. The number of anilines is 1. The van der Waals surface area contributed by atoms with Crippen molar-refractivity contribution < 1.29 is 14.6 Å². The Hall–Kier alpha value is -3.00. The molecule has 0 saturated heterocycles. The average Bonchev–Trinajstić information content (AvgIpc) is 2.52. The third-order valence-electron chi connectivity index (χ3n) is 2.86. The Morgan fingerprint density at radius 1 is 1.24 bits per heavy atom. The van der Waals surface area contributed by atoms with E-state index in [1.807, 2.05) is 24.3 Å². The Labute approximate surface area is 122 Å². The molecule has 0 spiro atoms. The fraction of sp³-hybridized carbons (Fsp3) is 0.125. The molecule has 0 aromatic heterocycles. The zero-order valence-electron chi connectivity index (χ0n) is 11.2. The first-order valence-corrected chi connectivity index (χ1v) is 6.35. The van der Waals surface area contributed by atoms with E-state index >= 15 is 0 Å². The zero-order chi connectivity index (χ0) is 15.1. The van der Waals surface area contributed by atoms with Crippen LogP contribution >= 0.6 is 0 Å². The van der Waals surface area contributed by atoms with Crippen LogP contribution in [0.3, 0.4) is 0 Å². The number of hydrogen-bond acceptors (Lipinski definition) is 4. The van der Waals surface area contributed by atoms with Crippen molar-refractivity contribution in [2.24, 2.45) is 0 Å². The minimum Gasteiger partial charge on any atom is -0.478 e. The molecule has 106 valence electrons. The molecule has 5 nitrogen and oxygen atoms in total. The Balaban J connectivity index is 2.08. The maximum Gasteiger partial charge on any atom is 0.335 e. The molecule has 0 bridgehead atoms. The van der Waals surface area contributed by atoms with Gasteiger partial charge in [-0.3, -0.25) is 0 Å². The molecule has 0 amide bonds. The number of aromatic carboxylic acids is 1. The summed E-state index contributed by atoms with van der Waals surface area (Å²) in [6, 6.07) is 15.9. The predicted molar refractivity (Wildman–Crippen MR) is 78.3 cm³/mol.